The van der Waals surface area contributed by atoms with Crippen molar-refractivity contribution >= 4 is 34.1 Å². The Morgan fingerprint density at radius 3 is 2.23 bits per heavy atom. The van der Waals surface area contributed by atoms with Gasteiger partial charge in [0.05, 0.1) is 40.9 Å². The van der Waals surface area contributed by atoms with Gasteiger partial charge < -0.3 is 49.6 Å². The van der Waals surface area contributed by atoms with E-state index in [-0.39, 0.29) is 55.4 Å². The third kappa shape index (κ3) is 7.58. The van der Waals surface area contributed by atoms with Crippen molar-refractivity contribution in [3.05, 3.63) is 58.0 Å². The number of carbonyl (C=O) groups is 3. The number of amides is 1. The number of carbonyl (C=O) groups excluding carboxylic acids is 3. The highest BCUT2D eigenvalue weighted by molar-refractivity contribution is 6.19. The number of esters is 1. The molecule has 1 aliphatic carbocycles. The van der Waals surface area contributed by atoms with Crippen LogP contribution >= 0.6 is 0 Å². The van der Waals surface area contributed by atoms with E-state index >= 15 is 0 Å². The smallest absolute Gasteiger partial charge is 0.312 e. The SMILES string of the molecule is CO[C@H]1/C=C/O[C@@]2(C)Oc3c(C)c(O)c4c(O)c(c5c(c4c3C2=O)=NC2(CCN(C3CC3)CC2)N=5)NC(=O)/C(C)=C\C=C\[C@H](C)[C@H](O)[C@@H](C)[C@@H](O)[C@@H](C)[C@H](OC(C)=O)[C@@H]1C. The number of phenolic OH excluding ortho intramolecular Hbond substituents is 2. The van der Waals surface area contributed by atoms with Crippen molar-refractivity contribution in [3.8, 4) is 17.2 Å². The van der Waals surface area contributed by atoms with Crippen molar-refractivity contribution in [3.63, 3.8) is 0 Å². The lowest BCUT2D eigenvalue weighted by Crippen LogP contribution is -2.46. The minimum atomic E-state index is -1.95. The van der Waals surface area contributed by atoms with E-state index in [2.05, 4.69) is 10.2 Å². The molecule has 1 spiro atoms. The number of anilines is 1. The number of aromatic hydroxyl groups is 2. The third-order valence-corrected chi connectivity index (χ3v) is 13.3. The Morgan fingerprint density at radius 1 is 0.933 bits per heavy atom. The first-order valence-corrected chi connectivity index (χ1v) is 20.9. The summed E-state index contributed by atoms with van der Waals surface area (Å²) in [4.78, 5) is 53.7. The van der Waals surface area contributed by atoms with Crippen molar-refractivity contribution in [1.82, 2.24) is 4.90 Å². The molecule has 4 heterocycles. The van der Waals surface area contributed by atoms with Crippen molar-refractivity contribution in [1.29, 1.82) is 0 Å². The number of allylic oxidation sites excluding steroid dienone is 2. The molecule has 1 saturated carbocycles. The molecular weight excluding hydrogens is 773 g/mol. The highest BCUT2D eigenvalue weighted by Crippen LogP contribution is 2.50. The maximum atomic E-state index is 14.7. The summed E-state index contributed by atoms with van der Waals surface area (Å²) in [5.41, 5.74) is -0.519. The van der Waals surface area contributed by atoms with Gasteiger partial charge in [-0.1, -0.05) is 45.9 Å². The Bertz CT molecular complexity index is 2310. The Balaban J connectivity index is 1.39. The molecule has 15 heteroatoms. The van der Waals surface area contributed by atoms with Gasteiger partial charge in [0.15, 0.2) is 11.4 Å². The van der Waals surface area contributed by atoms with E-state index < -0.39 is 82.9 Å². The molecule has 9 atom stereocenters. The number of Topliss-reactive ketones (excluding diaryl/α,β-unsaturated/α-hetero) is 1. The van der Waals surface area contributed by atoms with Gasteiger partial charge in [0.2, 0.25) is 0 Å². The molecule has 0 unspecified atom stereocenters. The fourth-order valence-corrected chi connectivity index (χ4v) is 9.28. The van der Waals surface area contributed by atoms with Crippen LogP contribution in [0.5, 0.6) is 17.2 Å². The maximum absolute atomic E-state index is 14.7. The van der Waals surface area contributed by atoms with Gasteiger partial charge in [-0.25, -0.2) is 0 Å². The van der Waals surface area contributed by atoms with Crippen molar-refractivity contribution in [2.75, 3.05) is 25.5 Å². The number of aliphatic hydroxyl groups excluding tert-OH is 2. The van der Waals surface area contributed by atoms with Crippen LogP contribution in [0.1, 0.15) is 90.1 Å². The Labute approximate surface area is 349 Å². The van der Waals surface area contributed by atoms with Crippen LogP contribution in [-0.4, -0.2) is 105 Å². The highest BCUT2D eigenvalue weighted by atomic mass is 16.7. The van der Waals surface area contributed by atoms with Crippen molar-refractivity contribution in [2.45, 2.75) is 123 Å². The molecule has 5 aliphatic rings. The number of piperidine rings is 1. The zero-order valence-corrected chi connectivity index (χ0v) is 35.8. The highest BCUT2D eigenvalue weighted by Gasteiger charge is 2.50. The number of benzene rings is 2. The number of hydrogen-bond acceptors (Lipinski definition) is 14. The lowest BCUT2D eigenvalue weighted by atomic mass is 9.78. The zero-order chi connectivity index (χ0) is 43.6. The molecule has 7 rings (SSSR count). The molecule has 60 heavy (non-hydrogen) atoms. The summed E-state index contributed by atoms with van der Waals surface area (Å²) in [7, 11) is 1.47. The summed E-state index contributed by atoms with van der Waals surface area (Å²) in [5, 5.41) is 50.2. The number of ether oxygens (including phenoxy) is 4. The number of rotatable bonds is 3. The molecule has 1 amide bonds. The summed E-state index contributed by atoms with van der Waals surface area (Å²) < 4.78 is 24.0. The van der Waals surface area contributed by atoms with Crippen LogP contribution in [0.3, 0.4) is 0 Å². The lowest BCUT2D eigenvalue weighted by molar-refractivity contribution is -0.160. The van der Waals surface area contributed by atoms with E-state index in [1.165, 1.54) is 27.2 Å². The van der Waals surface area contributed by atoms with Crippen LogP contribution in [0.2, 0.25) is 0 Å². The number of hydrogen-bond donors (Lipinski definition) is 5. The number of fused-ring (bicyclic) bond motifs is 1. The maximum Gasteiger partial charge on any atom is 0.312 e. The van der Waals surface area contributed by atoms with Crippen LogP contribution in [-0.2, 0) is 23.8 Å². The monoisotopic (exact) mass is 830 g/mol. The van der Waals surface area contributed by atoms with Gasteiger partial charge in [-0.3, -0.25) is 24.4 Å². The van der Waals surface area contributed by atoms with Crippen LogP contribution in [0.25, 0.3) is 10.8 Å². The molecule has 0 aromatic heterocycles. The molecule has 5 N–H and O–H groups in total. The number of phenols is 2. The van der Waals surface area contributed by atoms with E-state index in [9.17, 15) is 34.8 Å². The molecular formula is C45H58N4O11. The number of aliphatic hydroxyl groups is 2. The van der Waals surface area contributed by atoms with Crippen LogP contribution in [0.4, 0.5) is 5.69 Å². The topological polar surface area (TPSA) is 209 Å². The minimum Gasteiger partial charge on any atom is -0.507 e. The van der Waals surface area contributed by atoms with Gasteiger partial charge in [-0.05, 0) is 32.8 Å². The van der Waals surface area contributed by atoms with Gasteiger partial charge in [-0.2, -0.15) is 0 Å². The first-order chi connectivity index (χ1) is 28.3. The largest absolute Gasteiger partial charge is 0.507 e. The fourth-order valence-electron chi connectivity index (χ4n) is 9.28. The average Bonchev–Trinajstić information content (AvgIpc) is 3.95. The quantitative estimate of drug-likeness (QED) is 0.217. The van der Waals surface area contributed by atoms with E-state index in [0.717, 1.165) is 25.9 Å². The summed E-state index contributed by atoms with van der Waals surface area (Å²) in [6, 6.07) is 0.550. The van der Waals surface area contributed by atoms with Gasteiger partial charge >= 0.3 is 11.8 Å². The Hall–Kier alpha value is -4.83. The van der Waals surface area contributed by atoms with Gasteiger partial charge in [-0.15, -0.1) is 0 Å². The van der Waals surface area contributed by atoms with Gasteiger partial charge in [0.1, 0.15) is 28.6 Å². The molecule has 15 nitrogen and oxygen atoms in total. The second-order valence-electron chi connectivity index (χ2n) is 17.5. The molecule has 1 saturated heterocycles. The zero-order valence-electron chi connectivity index (χ0n) is 35.8. The first-order valence-electron chi connectivity index (χ1n) is 20.9. The van der Waals surface area contributed by atoms with Crippen LogP contribution in [0.15, 0.2) is 46.1 Å². The van der Waals surface area contributed by atoms with Gasteiger partial charge in [0, 0.05) is 93.1 Å². The van der Waals surface area contributed by atoms with Crippen molar-refractivity contribution in [2.24, 2.45) is 33.7 Å². The Kier molecular flexibility index (Phi) is 11.7. The third-order valence-electron chi connectivity index (χ3n) is 13.3. The summed E-state index contributed by atoms with van der Waals surface area (Å²) in [6.07, 6.45) is 7.44. The minimum absolute atomic E-state index is 0.0440. The number of likely N-dealkylation sites (tertiary alicyclic amines) is 1. The lowest BCUT2D eigenvalue weighted by Gasteiger charge is -2.38. The van der Waals surface area contributed by atoms with E-state index in [1.54, 1.807) is 65.8 Å². The standard InChI is InChI=1S/C45H58N4O11/c1-21-11-10-12-22(2)43(56)46-35-34-33(47-45(48-34)16-18-49(19-17-45)28-13-14-28)30-31(39(35)54)38(53)26(6)41-32(30)42(55)44(8,60-41)58-20-15-29(57-9)23(3)40(59-27(7)50)25(5)37(52)24(4)36(21)51/h10-12,15,20-21,23-25,28-29,36-37,40,51-54H,13-14,16-19H2,1-9H3,(H,46,56)/b11-10+,20-15+,22-12-/t21-,23+,24+,25+,29-,36-,37+,40+,44-/m0/s1. The summed E-state index contributed by atoms with van der Waals surface area (Å²) in [6.45, 7) is 14.4. The Morgan fingerprint density at radius 2 is 1.60 bits per heavy atom. The number of nitrogens with zero attached hydrogens (tertiary/aromatic N) is 3. The molecule has 2 aromatic carbocycles. The molecule has 2 aromatic rings. The summed E-state index contributed by atoms with van der Waals surface area (Å²) >= 11 is 0. The first kappa shape index (κ1) is 43.3. The number of ketones is 1. The van der Waals surface area contributed by atoms with Crippen molar-refractivity contribution < 1.29 is 53.8 Å². The summed E-state index contributed by atoms with van der Waals surface area (Å²) in [5.74, 6) is -6.85. The van der Waals surface area contributed by atoms with E-state index in [1.807, 2.05) is 0 Å². The van der Waals surface area contributed by atoms with Crippen LogP contribution in [0, 0.1) is 30.6 Å². The second kappa shape index (κ2) is 16.2. The average molecular weight is 831 g/mol. The molecule has 4 aliphatic heterocycles. The van der Waals surface area contributed by atoms with Gasteiger partial charge in [0.25, 0.3) is 11.7 Å². The predicted molar refractivity (Wildman–Crippen MR) is 221 cm³/mol. The number of nitrogens with one attached hydrogen (secondary N) is 1. The van der Waals surface area contributed by atoms with E-state index in [4.69, 9.17) is 28.9 Å². The molecule has 0 radical (unpaired) electrons. The number of methoxy groups -OCH3 is 1. The van der Waals surface area contributed by atoms with Crippen LogP contribution < -0.4 is 20.8 Å². The molecule has 2 fully saturated rings. The predicted octanol–water partition coefficient (Wildman–Crippen LogP) is 4.26. The normalized spacial score (nSPS) is 34.1. The van der Waals surface area contributed by atoms with E-state index in [0.29, 0.717) is 18.9 Å². The molecule has 324 valence electrons. The fraction of sp³-hybridized carbons (Fsp3) is 0.578. The second-order valence-corrected chi connectivity index (χ2v) is 17.5. The molecule has 4 bridgehead atoms.